The quantitative estimate of drug-likeness (QED) is 0.637. The highest BCUT2D eigenvalue weighted by Crippen LogP contribution is 2.35. The van der Waals surface area contributed by atoms with Gasteiger partial charge in [0.25, 0.3) is 5.91 Å². The Morgan fingerprint density at radius 2 is 1.90 bits per heavy atom. The van der Waals surface area contributed by atoms with Gasteiger partial charge in [-0.1, -0.05) is 60.1 Å². The zero-order valence-corrected chi connectivity index (χ0v) is 17.6. The minimum absolute atomic E-state index is 0.0262. The van der Waals surface area contributed by atoms with Gasteiger partial charge in [-0.3, -0.25) is 14.5 Å². The van der Waals surface area contributed by atoms with E-state index in [0.29, 0.717) is 16.5 Å². The summed E-state index contributed by atoms with van der Waals surface area (Å²) in [5.74, 6) is -1.66. The number of imide groups is 1. The Hall–Kier alpha value is -2.74. The van der Waals surface area contributed by atoms with Gasteiger partial charge in [0.05, 0.1) is 5.69 Å². The molecule has 8 heteroatoms. The normalized spacial score (nSPS) is 18.9. The molecule has 0 saturated carbocycles. The minimum Gasteiger partial charge on any atom is -0.322 e. The lowest BCUT2D eigenvalue weighted by atomic mass is 9.82. The summed E-state index contributed by atoms with van der Waals surface area (Å²) in [6, 6.07) is 12.5. The van der Waals surface area contributed by atoms with E-state index in [1.54, 1.807) is 30.3 Å². The summed E-state index contributed by atoms with van der Waals surface area (Å²) in [6.07, 6.45) is 0.390. The van der Waals surface area contributed by atoms with Crippen LogP contribution in [0.1, 0.15) is 25.8 Å². The first-order chi connectivity index (χ1) is 13.7. The van der Waals surface area contributed by atoms with Crippen LogP contribution in [0.4, 0.5) is 14.9 Å². The van der Waals surface area contributed by atoms with Crippen molar-refractivity contribution in [3.63, 3.8) is 0 Å². The van der Waals surface area contributed by atoms with E-state index in [1.807, 2.05) is 19.9 Å². The van der Waals surface area contributed by atoms with Crippen LogP contribution in [0.5, 0.6) is 0 Å². The zero-order chi connectivity index (χ0) is 21.2. The molecular formula is C21H21BrFN3O3. The fourth-order valence-electron chi connectivity index (χ4n) is 3.48. The second-order valence-electron chi connectivity index (χ2n) is 7.36. The molecule has 0 spiro atoms. The Morgan fingerprint density at radius 1 is 1.21 bits per heavy atom. The van der Waals surface area contributed by atoms with Crippen LogP contribution < -0.4 is 10.6 Å². The average Bonchev–Trinajstić information content (AvgIpc) is 2.89. The van der Waals surface area contributed by atoms with Crippen molar-refractivity contribution in [2.45, 2.75) is 25.8 Å². The predicted octanol–water partition coefficient (Wildman–Crippen LogP) is 4.02. The third-order valence-electron chi connectivity index (χ3n) is 4.66. The molecule has 1 aliphatic rings. The summed E-state index contributed by atoms with van der Waals surface area (Å²) in [5, 5.41) is 5.18. The number of hydrogen-bond acceptors (Lipinski definition) is 3. The lowest BCUT2D eigenvalue weighted by molar-refractivity contribution is -0.134. The van der Waals surface area contributed by atoms with Gasteiger partial charge >= 0.3 is 6.03 Å². The Bertz CT molecular complexity index is 951. The molecule has 0 radical (unpaired) electrons. The molecule has 1 fully saturated rings. The van der Waals surface area contributed by atoms with Gasteiger partial charge in [0.1, 0.15) is 17.9 Å². The van der Waals surface area contributed by atoms with Gasteiger partial charge < -0.3 is 10.6 Å². The standard InChI is InChI=1S/C21H21BrFN3O3/c1-13(2)11-21(14-6-4-3-5-7-14)19(28)26(20(29)25-21)12-18(27)24-17-9-8-15(22)10-16(17)23/h3-10,13H,11-12H2,1-2H3,(H,24,27)(H,25,29)/t21-/m0/s1. The summed E-state index contributed by atoms with van der Waals surface area (Å²) >= 11 is 3.14. The highest BCUT2D eigenvalue weighted by molar-refractivity contribution is 9.10. The molecule has 1 atom stereocenters. The van der Waals surface area contributed by atoms with Crippen LogP contribution in [0.2, 0.25) is 0 Å². The average molecular weight is 462 g/mol. The molecule has 0 unspecified atom stereocenters. The van der Waals surface area contributed by atoms with Crippen molar-refractivity contribution in [1.82, 2.24) is 10.2 Å². The van der Waals surface area contributed by atoms with Crippen molar-refractivity contribution in [3.8, 4) is 0 Å². The number of nitrogens with one attached hydrogen (secondary N) is 2. The maximum atomic E-state index is 14.0. The second-order valence-corrected chi connectivity index (χ2v) is 8.28. The molecule has 1 saturated heterocycles. The molecule has 1 aliphatic heterocycles. The number of nitrogens with zero attached hydrogens (tertiary/aromatic N) is 1. The van der Waals surface area contributed by atoms with E-state index in [0.717, 1.165) is 4.90 Å². The van der Waals surface area contributed by atoms with E-state index in [9.17, 15) is 18.8 Å². The van der Waals surface area contributed by atoms with Crippen molar-refractivity contribution in [2.75, 3.05) is 11.9 Å². The van der Waals surface area contributed by atoms with E-state index in [-0.39, 0.29) is 11.6 Å². The van der Waals surface area contributed by atoms with Gasteiger partial charge in [0.2, 0.25) is 5.91 Å². The van der Waals surface area contributed by atoms with Crippen molar-refractivity contribution in [1.29, 1.82) is 0 Å². The predicted molar refractivity (Wildman–Crippen MR) is 111 cm³/mol. The van der Waals surface area contributed by atoms with Crippen molar-refractivity contribution < 1.29 is 18.8 Å². The van der Waals surface area contributed by atoms with Crippen LogP contribution in [-0.2, 0) is 15.1 Å². The number of rotatable bonds is 6. The van der Waals surface area contributed by atoms with E-state index in [4.69, 9.17) is 0 Å². The van der Waals surface area contributed by atoms with E-state index in [1.165, 1.54) is 12.1 Å². The third kappa shape index (κ3) is 4.32. The Kier molecular flexibility index (Phi) is 6.02. The topological polar surface area (TPSA) is 78.5 Å². The van der Waals surface area contributed by atoms with Crippen LogP contribution in [0, 0.1) is 11.7 Å². The summed E-state index contributed by atoms with van der Waals surface area (Å²) in [6.45, 7) is 3.40. The number of carbonyl (C=O) groups is 3. The molecule has 2 N–H and O–H groups in total. The molecule has 2 aromatic carbocycles. The highest BCUT2D eigenvalue weighted by Gasteiger charge is 2.52. The number of anilines is 1. The van der Waals surface area contributed by atoms with E-state index >= 15 is 0 Å². The van der Waals surface area contributed by atoms with Gasteiger partial charge in [-0.05, 0) is 36.1 Å². The Balaban J connectivity index is 1.82. The molecule has 152 valence electrons. The molecule has 29 heavy (non-hydrogen) atoms. The lowest BCUT2D eigenvalue weighted by Crippen LogP contribution is -2.45. The molecule has 3 rings (SSSR count). The monoisotopic (exact) mass is 461 g/mol. The molecule has 1 heterocycles. The van der Waals surface area contributed by atoms with Crippen molar-refractivity contribution >= 4 is 39.5 Å². The second kappa shape index (κ2) is 8.32. The number of carbonyl (C=O) groups excluding carboxylic acids is 3. The van der Waals surface area contributed by atoms with Gasteiger partial charge in [-0.2, -0.15) is 0 Å². The number of benzene rings is 2. The first-order valence-corrected chi connectivity index (χ1v) is 9.97. The smallest absolute Gasteiger partial charge is 0.322 e. The summed E-state index contributed by atoms with van der Waals surface area (Å²) in [4.78, 5) is 39.1. The Morgan fingerprint density at radius 3 is 2.52 bits per heavy atom. The van der Waals surface area contributed by atoms with Gasteiger partial charge in [-0.25, -0.2) is 9.18 Å². The molecule has 2 aromatic rings. The highest BCUT2D eigenvalue weighted by atomic mass is 79.9. The summed E-state index contributed by atoms with van der Waals surface area (Å²) in [7, 11) is 0. The number of hydrogen-bond donors (Lipinski definition) is 2. The number of halogens is 2. The van der Waals surface area contributed by atoms with Gasteiger partial charge in [0, 0.05) is 4.47 Å². The van der Waals surface area contributed by atoms with Crippen LogP contribution in [-0.4, -0.2) is 29.3 Å². The van der Waals surface area contributed by atoms with E-state index in [2.05, 4.69) is 26.6 Å². The Labute approximate surface area is 176 Å². The maximum Gasteiger partial charge on any atom is 0.325 e. The van der Waals surface area contributed by atoms with Crippen LogP contribution >= 0.6 is 15.9 Å². The molecule has 0 bridgehead atoms. The molecule has 4 amide bonds. The van der Waals surface area contributed by atoms with Crippen LogP contribution in [0.3, 0.4) is 0 Å². The lowest BCUT2D eigenvalue weighted by Gasteiger charge is -2.29. The van der Waals surface area contributed by atoms with Gasteiger partial charge in [0.15, 0.2) is 0 Å². The fourth-order valence-corrected chi connectivity index (χ4v) is 3.81. The molecule has 0 aromatic heterocycles. The van der Waals surface area contributed by atoms with Crippen molar-refractivity contribution in [2.24, 2.45) is 5.92 Å². The number of urea groups is 1. The summed E-state index contributed by atoms with van der Waals surface area (Å²) < 4.78 is 14.5. The molecular weight excluding hydrogens is 441 g/mol. The molecule has 6 nitrogen and oxygen atoms in total. The maximum absolute atomic E-state index is 14.0. The first-order valence-electron chi connectivity index (χ1n) is 9.17. The van der Waals surface area contributed by atoms with E-state index < -0.39 is 35.7 Å². The zero-order valence-electron chi connectivity index (χ0n) is 16.0. The van der Waals surface area contributed by atoms with Crippen molar-refractivity contribution in [3.05, 3.63) is 64.4 Å². The van der Waals surface area contributed by atoms with Crippen LogP contribution in [0.15, 0.2) is 53.0 Å². The number of amides is 4. The SMILES string of the molecule is CC(C)C[C@@]1(c2ccccc2)NC(=O)N(CC(=O)Nc2ccc(Br)cc2F)C1=O. The third-order valence-corrected chi connectivity index (χ3v) is 5.16. The first kappa shape index (κ1) is 21.0. The van der Waals surface area contributed by atoms with Crippen LogP contribution in [0.25, 0.3) is 0 Å². The minimum atomic E-state index is -1.23. The molecule has 0 aliphatic carbocycles. The van der Waals surface area contributed by atoms with Gasteiger partial charge in [-0.15, -0.1) is 0 Å². The largest absolute Gasteiger partial charge is 0.325 e. The fraction of sp³-hybridized carbons (Fsp3) is 0.286. The summed E-state index contributed by atoms with van der Waals surface area (Å²) in [5.41, 5.74) is -0.592.